The van der Waals surface area contributed by atoms with Gasteiger partial charge in [0.15, 0.2) is 17.3 Å². The van der Waals surface area contributed by atoms with Crippen LogP contribution >= 0.6 is 15.9 Å². The summed E-state index contributed by atoms with van der Waals surface area (Å²) in [5.41, 5.74) is 0.878. The molecule has 0 radical (unpaired) electrons. The fourth-order valence-electron chi connectivity index (χ4n) is 2.32. The van der Waals surface area contributed by atoms with Crippen LogP contribution in [0.4, 0.5) is 10.1 Å². The van der Waals surface area contributed by atoms with Gasteiger partial charge < -0.3 is 14.8 Å². The van der Waals surface area contributed by atoms with Gasteiger partial charge in [0.1, 0.15) is 5.82 Å². The molecule has 0 unspecified atom stereocenters. The highest BCUT2D eigenvalue weighted by Gasteiger charge is 2.20. The van der Waals surface area contributed by atoms with Crippen LogP contribution in [0.1, 0.15) is 22.8 Å². The number of carbonyl (C=O) groups is 2. The molecule has 1 aliphatic rings. The van der Waals surface area contributed by atoms with Crippen molar-refractivity contribution in [1.82, 2.24) is 0 Å². The van der Waals surface area contributed by atoms with E-state index in [1.54, 1.807) is 12.1 Å². The van der Waals surface area contributed by atoms with E-state index >= 15 is 0 Å². The van der Waals surface area contributed by atoms with Crippen molar-refractivity contribution in [3.8, 4) is 11.5 Å². The Kier molecular flexibility index (Phi) is 4.85. The predicted molar refractivity (Wildman–Crippen MR) is 94.3 cm³/mol. The predicted octanol–water partition coefficient (Wildman–Crippen LogP) is 4.17. The summed E-state index contributed by atoms with van der Waals surface area (Å²) in [6.45, 7) is 1.45. The lowest BCUT2D eigenvalue weighted by atomic mass is 10.1. The first-order chi connectivity index (χ1) is 11.9. The Hall–Kier alpha value is -2.67. The third-order valence-corrected chi connectivity index (χ3v) is 4.02. The van der Waals surface area contributed by atoms with E-state index in [-0.39, 0.29) is 18.1 Å². The smallest absolute Gasteiger partial charge is 0.248 e. The SMILES string of the molecule is CC(=O)c1cc2c(cc1NC(=O)C=Cc1cc(Br)ccc1F)OCO2. The molecule has 25 heavy (non-hydrogen) atoms. The molecule has 2 aromatic carbocycles. The number of hydrogen-bond donors (Lipinski definition) is 1. The highest BCUT2D eigenvalue weighted by atomic mass is 79.9. The third-order valence-electron chi connectivity index (χ3n) is 3.52. The normalized spacial score (nSPS) is 12.4. The van der Waals surface area contributed by atoms with Crippen molar-refractivity contribution in [2.45, 2.75) is 6.92 Å². The summed E-state index contributed by atoms with van der Waals surface area (Å²) in [6, 6.07) is 7.48. The summed E-state index contributed by atoms with van der Waals surface area (Å²) < 4.78 is 24.9. The van der Waals surface area contributed by atoms with Crippen molar-refractivity contribution in [3.05, 3.63) is 57.8 Å². The second kappa shape index (κ2) is 7.06. The third kappa shape index (κ3) is 3.88. The van der Waals surface area contributed by atoms with E-state index in [2.05, 4.69) is 21.2 Å². The van der Waals surface area contributed by atoms with Crippen LogP contribution in [0.5, 0.6) is 11.5 Å². The number of amides is 1. The molecular formula is C18H13BrFNO4. The molecule has 0 aromatic heterocycles. The first kappa shape index (κ1) is 17.2. The number of ether oxygens (including phenoxy) is 2. The number of rotatable bonds is 4. The summed E-state index contributed by atoms with van der Waals surface area (Å²) in [5.74, 6) is -0.270. The summed E-state index contributed by atoms with van der Waals surface area (Å²) in [7, 11) is 0. The van der Waals surface area contributed by atoms with Gasteiger partial charge in [0.25, 0.3) is 0 Å². The molecule has 5 nitrogen and oxygen atoms in total. The number of benzene rings is 2. The summed E-state index contributed by atoms with van der Waals surface area (Å²) in [6.07, 6.45) is 2.55. The standard InChI is InChI=1S/C18H13BrFNO4/c1-10(22)13-7-16-17(25-9-24-16)8-15(13)21-18(23)5-2-11-6-12(19)3-4-14(11)20/h2-8H,9H2,1H3,(H,21,23). The Labute approximate surface area is 151 Å². The van der Waals surface area contributed by atoms with Crippen LogP contribution in [0, 0.1) is 5.82 Å². The molecule has 1 amide bonds. The minimum absolute atomic E-state index is 0.0616. The van der Waals surface area contributed by atoms with Crippen molar-refractivity contribution in [1.29, 1.82) is 0 Å². The van der Waals surface area contributed by atoms with E-state index in [0.29, 0.717) is 27.2 Å². The van der Waals surface area contributed by atoms with E-state index in [1.807, 2.05) is 0 Å². The maximum absolute atomic E-state index is 13.7. The molecule has 128 valence electrons. The molecule has 1 N–H and O–H groups in total. The van der Waals surface area contributed by atoms with Crippen molar-refractivity contribution in [2.75, 3.05) is 12.1 Å². The molecule has 0 aliphatic carbocycles. The molecule has 0 saturated carbocycles. The zero-order valence-corrected chi connectivity index (χ0v) is 14.7. The summed E-state index contributed by atoms with van der Waals surface area (Å²) >= 11 is 3.25. The van der Waals surface area contributed by atoms with Crippen LogP contribution in [0.25, 0.3) is 6.08 Å². The Morgan fingerprint density at radius 1 is 1.20 bits per heavy atom. The molecule has 0 spiro atoms. The van der Waals surface area contributed by atoms with Crippen LogP contribution in [-0.2, 0) is 4.79 Å². The average molecular weight is 406 g/mol. The van der Waals surface area contributed by atoms with Crippen LogP contribution in [0.3, 0.4) is 0 Å². The van der Waals surface area contributed by atoms with E-state index < -0.39 is 11.7 Å². The molecule has 0 atom stereocenters. The van der Waals surface area contributed by atoms with E-state index in [9.17, 15) is 14.0 Å². The first-order valence-corrected chi connectivity index (χ1v) is 8.12. The molecule has 0 fully saturated rings. The number of anilines is 1. The fourth-order valence-corrected chi connectivity index (χ4v) is 2.70. The lowest BCUT2D eigenvalue weighted by Crippen LogP contribution is -2.11. The maximum atomic E-state index is 13.7. The van der Waals surface area contributed by atoms with Crippen LogP contribution in [0.15, 0.2) is 40.9 Å². The number of halogens is 2. The number of ketones is 1. The lowest BCUT2D eigenvalue weighted by Gasteiger charge is -2.09. The monoisotopic (exact) mass is 405 g/mol. The zero-order valence-electron chi connectivity index (χ0n) is 13.1. The van der Waals surface area contributed by atoms with Crippen LogP contribution in [-0.4, -0.2) is 18.5 Å². The molecule has 1 aliphatic heterocycles. The fraction of sp³-hybridized carbons (Fsp3) is 0.111. The molecule has 2 aromatic rings. The van der Waals surface area contributed by atoms with Gasteiger partial charge in [0, 0.05) is 27.7 Å². The van der Waals surface area contributed by atoms with Gasteiger partial charge in [-0.3, -0.25) is 9.59 Å². The first-order valence-electron chi connectivity index (χ1n) is 7.33. The van der Waals surface area contributed by atoms with Gasteiger partial charge in [-0.2, -0.15) is 0 Å². The minimum Gasteiger partial charge on any atom is -0.454 e. The van der Waals surface area contributed by atoms with Crippen molar-refractivity contribution >= 4 is 39.4 Å². The number of fused-ring (bicyclic) bond motifs is 1. The van der Waals surface area contributed by atoms with Crippen molar-refractivity contribution < 1.29 is 23.5 Å². The van der Waals surface area contributed by atoms with Crippen molar-refractivity contribution in [3.63, 3.8) is 0 Å². The second-order valence-corrected chi connectivity index (χ2v) is 6.21. The minimum atomic E-state index is -0.499. The van der Waals surface area contributed by atoms with Crippen LogP contribution < -0.4 is 14.8 Å². The van der Waals surface area contributed by atoms with E-state index in [4.69, 9.17) is 9.47 Å². The number of hydrogen-bond acceptors (Lipinski definition) is 4. The van der Waals surface area contributed by atoms with Gasteiger partial charge in [-0.05, 0) is 37.3 Å². The number of carbonyl (C=O) groups excluding carboxylic acids is 2. The molecule has 1 heterocycles. The topological polar surface area (TPSA) is 64.6 Å². The van der Waals surface area contributed by atoms with E-state index in [0.717, 1.165) is 0 Å². The van der Waals surface area contributed by atoms with Crippen molar-refractivity contribution in [2.24, 2.45) is 0 Å². The van der Waals surface area contributed by atoms with Crippen LogP contribution in [0.2, 0.25) is 0 Å². The molecule has 7 heteroatoms. The molecule has 3 rings (SSSR count). The van der Waals surface area contributed by atoms with Gasteiger partial charge in [0.2, 0.25) is 12.7 Å². The van der Waals surface area contributed by atoms with Gasteiger partial charge in [-0.25, -0.2) is 4.39 Å². The van der Waals surface area contributed by atoms with Gasteiger partial charge in [-0.1, -0.05) is 15.9 Å². The highest BCUT2D eigenvalue weighted by Crippen LogP contribution is 2.37. The molecule has 0 saturated heterocycles. The Morgan fingerprint density at radius 3 is 2.64 bits per heavy atom. The second-order valence-electron chi connectivity index (χ2n) is 5.30. The van der Waals surface area contributed by atoms with E-state index in [1.165, 1.54) is 37.3 Å². The Bertz CT molecular complexity index is 895. The summed E-state index contributed by atoms with van der Waals surface area (Å²) in [5, 5.41) is 2.61. The lowest BCUT2D eigenvalue weighted by molar-refractivity contribution is -0.111. The van der Waals surface area contributed by atoms with Gasteiger partial charge in [-0.15, -0.1) is 0 Å². The Morgan fingerprint density at radius 2 is 1.92 bits per heavy atom. The Balaban J connectivity index is 1.82. The summed E-state index contributed by atoms with van der Waals surface area (Å²) in [4.78, 5) is 23.9. The van der Waals surface area contributed by atoms with Gasteiger partial charge >= 0.3 is 0 Å². The zero-order chi connectivity index (χ0) is 18.0. The average Bonchev–Trinajstić information content (AvgIpc) is 3.02. The number of nitrogens with one attached hydrogen (secondary N) is 1. The highest BCUT2D eigenvalue weighted by molar-refractivity contribution is 9.10. The quantitative estimate of drug-likeness (QED) is 0.612. The largest absolute Gasteiger partial charge is 0.454 e. The molecular weight excluding hydrogens is 393 g/mol. The molecule has 0 bridgehead atoms. The maximum Gasteiger partial charge on any atom is 0.248 e. The van der Waals surface area contributed by atoms with Gasteiger partial charge in [0.05, 0.1) is 5.69 Å². The number of Topliss-reactive ketones (excluding diaryl/α,β-unsaturated/α-hetero) is 1.